The second kappa shape index (κ2) is 6.15. The SMILES string of the molecule is CCCC(C)(NCc1nnc(-c2cccs2)o1)C(=O)O. The van der Waals surface area contributed by atoms with Gasteiger partial charge in [0.2, 0.25) is 5.89 Å². The Morgan fingerprint density at radius 1 is 1.55 bits per heavy atom. The Labute approximate surface area is 120 Å². The van der Waals surface area contributed by atoms with Crippen molar-refractivity contribution in [3.63, 3.8) is 0 Å². The predicted octanol–water partition coefficient (Wildman–Crippen LogP) is 2.53. The van der Waals surface area contributed by atoms with Gasteiger partial charge < -0.3 is 9.52 Å². The van der Waals surface area contributed by atoms with E-state index in [2.05, 4.69) is 15.5 Å². The molecule has 0 amide bonds. The van der Waals surface area contributed by atoms with E-state index in [1.54, 1.807) is 6.92 Å². The van der Waals surface area contributed by atoms with Gasteiger partial charge in [-0.3, -0.25) is 10.1 Å². The second-order valence-electron chi connectivity index (χ2n) is 4.72. The summed E-state index contributed by atoms with van der Waals surface area (Å²) < 4.78 is 5.51. The largest absolute Gasteiger partial charge is 0.480 e. The van der Waals surface area contributed by atoms with Gasteiger partial charge in [0.05, 0.1) is 11.4 Å². The number of nitrogens with zero attached hydrogens (tertiary/aromatic N) is 2. The van der Waals surface area contributed by atoms with E-state index < -0.39 is 11.5 Å². The van der Waals surface area contributed by atoms with Gasteiger partial charge in [-0.1, -0.05) is 19.4 Å². The maximum atomic E-state index is 11.3. The molecule has 1 unspecified atom stereocenters. The molecule has 2 aromatic rings. The third kappa shape index (κ3) is 3.23. The number of aliphatic carboxylic acids is 1. The number of hydrogen-bond acceptors (Lipinski definition) is 6. The van der Waals surface area contributed by atoms with Crippen LogP contribution in [0.3, 0.4) is 0 Å². The van der Waals surface area contributed by atoms with Gasteiger partial charge in [-0.05, 0) is 24.8 Å². The van der Waals surface area contributed by atoms with Gasteiger partial charge >= 0.3 is 5.97 Å². The van der Waals surface area contributed by atoms with E-state index in [1.165, 1.54) is 11.3 Å². The summed E-state index contributed by atoms with van der Waals surface area (Å²) in [7, 11) is 0. The lowest BCUT2D eigenvalue weighted by atomic mass is 9.96. The van der Waals surface area contributed by atoms with Crippen molar-refractivity contribution in [2.75, 3.05) is 0 Å². The van der Waals surface area contributed by atoms with Crippen LogP contribution in [0.2, 0.25) is 0 Å². The Balaban J connectivity index is 2.02. The number of carboxylic acid groups (broad SMARTS) is 1. The van der Waals surface area contributed by atoms with Gasteiger partial charge in [-0.2, -0.15) is 0 Å². The van der Waals surface area contributed by atoms with Gasteiger partial charge in [0.1, 0.15) is 5.54 Å². The van der Waals surface area contributed by atoms with Crippen LogP contribution in [-0.2, 0) is 11.3 Å². The third-order valence-corrected chi connectivity index (χ3v) is 3.91. The van der Waals surface area contributed by atoms with E-state index in [-0.39, 0.29) is 6.54 Å². The van der Waals surface area contributed by atoms with Crippen LogP contribution in [0.25, 0.3) is 10.8 Å². The average molecular weight is 295 g/mol. The highest BCUT2D eigenvalue weighted by atomic mass is 32.1. The lowest BCUT2D eigenvalue weighted by molar-refractivity contribution is -0.144. The first-order chi connectivity index (χ1) is 9.55. The van der Waals surface area contributed by atoms with Crippen molar-refractivity contribution in [1.29, 1.82) is 0 Å². The van der Waals surface area contributed by atoms with Gasteiger partial charge in [-0.25, -0.2) is 0 Å². The molecule has 0 saturated heterocycles. The molecule has 2 rings (SSSR count). The highest BCUT2D eigenvalue weighted by Gasteiger charge is 2.31. The fraction of sp³-hybridized carbons (Fsp3) is 0.462. The summed E-state index contributed by atoms with van der Waals surface area (Å²) in [4.78, 5) is 12.2. The van der Waals surface area contributed by atoms with Crippen molar-refractivity contribution in [2.24, 2.45) is 0 Å². The topological polar surface area (TPSA) is 88.3 Å². The average Bonchev–Trinajstić information content (AvgIpc) is 3.07. The first kappa shape index (κ1) is 14.7. The zero-order chi connectivity index (χ0) is 14.6. The molecule has 0 saturated carbocycles. The van der Waals surface area contributed by atoms with Gasteiger partial charge in [0.15, 0.2) is 0 Å². The number of carbonyl (C=O) groups is 1. The number of aromatic nitrogens is 2. The second-order valence-corrected chi connectivity index (χ2v) is 5.67. The molecule has 0 aliphatic rings. The summed E-state index contributed by atoms with van der Waals surface area (Å²) in [5, 5.41) is 22.1. The summed E-state index contributed by atoms with van der Waals surface area (Å²) in [6.07, 6.45) is 1.31. The van der Waals surface area contributed by atoms with E-state index >= 15 is 0 Å². The molecule has 6 nitrogen and oxygen atoms in total. The fourth-order valence-corrected chi connectivity index (χ4v) is 2.51. The molecular weight excluding hydrogens is 278 g/mol. The first-order valence-corrected chi connectivity index (χ1v) is 7.28. The number of rotatable bonds is 7. The van der Waals surface area contributed by atoms with E-state index in [4.69, 9.17) is 4.42 Å². The van der Waals surface area contributed by atoms with E-state index in [1.807, 2.05) is 24.4 Å². The van der Waals surface area contributed by atoms with Gasteiger partial charge in [0.25, 0.3) is 5.89 Å². The van der Waals surface area contributed by atoms with Crippen LogP contribution in [0.4, 0.5) is 0 Å². The molecule has 7 heteroatoms. The molecule has 2 N–H and O–H groups in total. The van der Waals surface area contributed by atoms with Crippen molar-refractivity contribution in [2.45, 2.75) is 38.8 Å². The van der Waals surface area contributed by atoms with Crippen molar-refractivity contribution in [1.82, 2.24) is 15.5 Å². The van der Waals surface area contributed by atoms with Crippen LogP contribution < -0.4 is 5.32 Å². The molecule has 0 aliphatic heterocycles. The molecule has 1 atom stereocenters. The van der Waals surface area contributed by atoms with Crippen LogP contribution in [-0.4, -0.2) is 26.8 Å². The smallest absolute Gasteiger partial charge is 0.323 e. The molecule has 0 aliphatic carbocycles. The number of nitrogens with one attached hydrogen (secondary N) is 1. The molecule has 2 heterocycles. The van der Waals surface area contributed by atoms with Crippen LogP contribution in [0.1, 0.15) is 32.6 Å². The molecule has 0 fully saturated rings. The van der Waals surface area contributed by atoms with Gasteiger partial charge in [-0.15, -0.1) is 21.5 Å². The Kier molecular flexibility index (Phi) is 4.51. The fourth-order valence-electron chi connectivity index (χ4n) is 1.87. The van der Waals surface area contributed by atoms with Gasteiger partial charge in [0, 0.05) is 0 Å². The van der Waals surface area contributed by atoms with Crippen LogP contribution in [0, 0.1) is 0 Å². The van der Waals surface area contributed by atoms with E-state index in [0.29, 0.717) is 18.2 Å². The van der Waals surface area contributed by atoms with Crippen LogP contribution in [0.15, 0.2) is 21.9 Å². The molecular formula is C13H17N3O3S. The molecule has 0 radical (unpaired) electrons. The monoisotopic (exact) mass is 295 g/mol. The maximum absolute atomic E-state index is 11.3. The summed E-state index contributed by atoms with van der Waals surface area (Å²) in [5.41, 5.74) is -0.980. The number of thiophene rings is 1. The quantitative estimate of drug-likeness (QED) is 0.816. The number of carboxylic acids is 1. The predicted molar refractivity (Wildman–Crippen MR) is 75.4 cm³/mol. The molecule has 20 heavy (non-hydrogen) atoms. The van der Waals surface area contributed by atoms with Crippen molar-refractivity contribution >= 4 is 17.3 Å². The molecule has 0 spiro atoms. The molecule has 2 aromatic heterocycles. The standard InChI is InChI=1S/C13H17N3O3S/c1-3-6-13(2,12(17)18)14-8-10-15-16-11(19-10)9-5-4-7-20-9/h4-5,7,14H,3,6,8H2,1-2H3,(H,17,18). The van der Waals surface area contributed by atoms with Crippen LogP contribution >= 0.6 is 11.3 Å². The Morgan fingerprint density at radius 2 is 2.35 bits per heavy atom. The highest BCUT2D eigenvalue weighted by molar-refractivity contribution is 7.13. The summed E-state index contributed by atoms with van der Waals surface area (Å²) in [6, 6.07) is 3.80. The third-order valence-electron chi connectivity index (χ3n) is 3.05. The summed E-state index contributed by atoms with van der Waals surface area (Å²) in [5.74, 6) is -0.0290. The zero-order valence-electron chi connectivity index (χ0n) is 11.4. The summed E-state index contributed by atoms with van der Waals surface area (Å²) >= 11 is 1.52. The van der Waals surface area contributed by atoms with Crippen molar-refractivity contribution in [3.05, 3.63) is 23.4 Å². The molecule has 0 bridgehead atoms. The van der Waals surface area contributed by atoms with Crippen molar-refractivity contribution < 1.29 is 14.3 Å². The minimum absolute atomic E-state index is 0.237. The maximum Gasteiger partial charge on any atom is 0.323 e. The Bertz CT molecular complexity index is 567. The lowest BCUT2D eigenvalue weighted by Gasteiger charge is -2.24. The first-order valence-electron chi connectivity index (χ1n) is 6.40. The molecule has 108 valence electrons. The molecule has 0 aromatic carbocycles. The Hall–Kier alpha value is -1.73. The Morgan fingerprint density at radius 3 is 2.95 bits per heavy atom. The minimum atomic E-state index is -0.980. The summed E-state index contributed by atoms with van der Waals surface area (Å²) in [6.45, 7) is 3.85. The van der Waals surface area contributed by atoms with E-state index in [0.717, 1.165) is 11.3 Å². The lowest BCUT2D eigenvalue weighted by Crippen LogP contribution is -2.49. The minimum Gasteiger partial charge on any atom is -0.480 e. The van der Waals surface area contributed by atoms with E-state index in [9.17, 15) is 9.90 Å². The normalized spacial score (nSPS) is 14.1. The highest BCUT2D eigenvalue weighted by Crippen LogP contribution is 2.23. The zero-order valence-corrected chi connectivity index (χ0v) is 12.2. The van der Waals surface area contributed by atoms with Crippen molar-refractivity contribution in [3.8, 4) is 10.8 Å². The number of hydrogen-bond donors (Lipinski definition) is 2. The van der Waals surface area contributed by atoms with Crippen LogP contribution in [0.5, 0.6) is 0 Å².